The zero-order valence-electron chi connectivity index (χ0n) is 12.2. The zero-order chi connectivity index (χ0) is 14.5. The van der Waals surface area contributed by atoms with Crippen LogP contribution < -0.4 is 5.32 Å². The van der Waals surface area contributed by atoms with E-state index in [2.05, 4.69) is 52.5 Å². The van der Waals surface area contributed by atoms with Gasteiger partial charge in [-0.3, -0.25) is 9.97 Å². The number of aromatic nitrogens is 2. The maximum absolute atomic E-state index is 4.40. The molecule has 0 radical (unpaired) electrons. The number of rotatable bonds is 5. The van der Waals surface area contributed by atoms with Crippen LogP contribution in [0.4, 0.5) is 0 Å². The summed E-state index contributed by atoms with van der Waals surface area (Å²) in [6.07, 6.45) is 8.56. The molecule has 2 aromatic heterocycles. The first kappa shape index (κ1) is 13.7. The summed E-state index contributed by atoms with van der Waals surface area (Å²) in [5.41, 5.74) is 2.48. The first-order valence-electron chi connectivity index (χ1n) is 7.33. The van der Waals surface area contributed by atoms with Gasteiger partial charge in [-0.25, -0.2) is 0 Å². The van der Waals surface area contributed by atoms with Crippen molar-refractivity contribution in [3.05, 3.63) is 72.3 Å². The molecule has 0 spiro atoms. The third kappa shape index (κ3) is 3.09. The van der Waals surface area contributed by atoms with Crippen LogP contribution in [0.3, 0.4) is 0 Å². The lowest BCUT2D eigenvalue weighted by Crippen LogP contribution is -2.23. The molecular formula is C18H19N3. The molecule has 1 N–H and O–H groups in total. The number of fused-ring (bicyclic) bond motifs is 1. The van der Waals surface area contributed by atoms with Crippen LogP contribution in [0, 0.1) is 0 Å². The topological polar surface area (TPSA) is 37.8 Å². The predicted molar refractivity (Wildman–Crippen MR) is 86.1 cm³/mol. The highest BCUT2D eigenvalue weighted by Crippen LogP contribution is 2.25. The largest absolute Gasteiger partial charge is 0.310 e. The minimum atomic E-state index is 0.248. The van der Waals surface area contributed by atoms with Gasteiger partial charge < -0.3 is 5.32 Å². The number of hydrogen-bond acceptors (Lipinski definition) is 3. The first-order chi connectivity index (χ1) is 10.4. The summed E-state index contributed by atoms with van der Waals surface area (Å²) in [4.78, 5) is 8.61. The Morgan fingerprint density at radius 1 is 1.00 bits per heavy atom. The third-order valence-corrected chi connectivity index (χ3v) is 3.69. The Labute approximate surface area is 125 Å². The van der Waals surface area contributed by atoms with Crippen LogP contribution in [0.2, 0.25) is 0 Å². The summed E-state index contributed by atoms with van der Waals surface area (Å²) in [5, 5.41) is 6.02. The quantitative estimate of drug-likeness (QED) is 0.775. The molecule has 0 saturated heterocycles. The fourth-order valence-corrected chi connectivity index (χ4v) is 2.71. The maximum Gasteiger partial charge on any atom is 0.0382 e. The van der Waals surface area contributed by atoms with Crippen molar-refractivity contribution in [3.63, 3.8) is 0 Å². The molecule has 3 nitrogen and oxygen atoms in total. The fourth-order valence-electron chi connectivity index (χ4n) is 2.71. The summed E-state index contributed by atoms with van der Waals surface area (Å²) < 4.78 is 0. The summed E-state index contributed by atoms with van der Waals surface area (Å²) >= 11 is 0. The first-order valence-corrected chi connectivity index (χ1v) is 7.33. The molecule has 0 aliphatic heterocycles. The van der Waals surface area contributed by atoms with Crippen LogP contribution in [-0.2, 0) is 6.42 Å². The van der Waals surface area contributed by atoms with Crippen LogP contribution in [0.5, 0.6) is 0 Å². The minimum absolute atomic E-state index is 0.248. The molecule has 0 aliphatic carbocycles. The lowest BCUT2D eigenvalue weighted by Gasteiger charge is -2.20. The van der Waals surface area contributed by atoms with Gasteiger partial charge in [0.1, 0.15) is 0 Å². The summed E-state index contributed by atoms with van der Waals surface area (Å²) in [7, 11) is 0. The highest BCUT2D eigenvalue weighted by Gasteiger charge is 2.14. The molecule has 106 valence electrons. The van der Waals surface area contributed by atoms with E-state index in [1.807, 2.05) is 30.9 Å². The number of hydrogen-bond donors (Lipinski definition) is 1. The average Bonchev–Trinajstić information content (AvgIpc) is 2.55. The normalized spacial score (nSPS) is 12.4. The Hall–Kier alpha value is -2.26. The van der Waals surface area contributed by atoms with Gasteiger partial charge in [0, 0.05) is 36.2 Å². The molecule has 0 aliphatic rings. The lowest BCUT2D eigenvalue weighted by atomic mass is 9.96. The van der Waals surface area contributed by atoms with Crippen LogP contribution in [0.1, 0.15) is 24.1 Å². The second-order valence-corrected chi connectivity index (χ2v) is 5.13. The molecule has 0 bridgehead atoms. The molecule has 0 saturated carbocycles. The Balaban J connectivity index is 1.99. The van der Waals surface area contributed by atoms with Gasteiger partial charge in [-0.2, -0.15) is 0 Å². The van der Waals surface area contributed by atoms with Gasteiger partial charge >= 0.3 is 0 Å². The molecule has 1 atom stereocenters. The molecule has 0 amide bonds. The number of nitrogens with zero attached hydrogens (tertiary/aromatic N) is 2. The number of likely N-dealkylation sites (N-methyl/N-ethyl adjacent to an activating group) is 1. The number of benzene rings is 1. The Morgan fingerprint density at radius 3 is 2.71 bits per heavy atom. The third-order valence-electron chi connectivity index (χ3n) is 3.69. The maximum atomic E-state index is 4.40. The second kappa shape index (κ2) is 6.46. The van der Waals surface area contributed by atoms with Crippen molar-refractivity contribution in [1.29, 1.82) is 0 Å². The van der Waals surface area contributed by atoms with Crippen molar-refractivity contribution in [2.24, 2.45) is 0 Å². The van der Waals surface area contributed by atoms with E-state index in [0.29, 0.717) is 0 Å². The van der Waals surface area contributed by atoms with Crippen molar-refractivity contribution in [1.82, 2.24) is 15.3 Å². The molecule has 1 aromatic carbocycles. The molecule has 1 unspecified atom stereocenters. The van der Waals surface area contributed by atoms with Gasteiger partial charge in [0.05, 0.1) is 0 Å². The van der Waals surface area contributed by atoms with E-state index < -0.39 is 0 Å². The fraction of sp³-hybridized carbons (Fsp3) is 0.222. The van der Waals surface area contributed by atoms with Crippen molar-refractivity contribution in [2.75, 3.05) is 6.54 Å². The van der Waals surface area contributed by atoms with Gasteiger partial charge in [0.15, 0.2) is 0 Å². The van der Waals surface area contributed by atoms with E-state index >= 15 is 0 Å². The van der Waals surface area contributed by atoms with Gasteiger partial charge in [-0.1, -0.05) is 37.3 Å². The Morgan fingerprint density at radius 2 is 1.90 bits per heavy atom. The monoisotopic (exact) mass is 277 g/mol. The molecule has 2 heterocycles. The van der Waals surface area contributed by atoms with E-state index in [0.717, 1.165) is 13.0 Å². The molecular weight excluding hydrogens is 258 g/mol. The van der Waals surface area contributed by atoms with Crippen LogP contribution in [0.25, 0.3) is 10.8 Å². The molecule has 0 fully saturated rings. The summed E-state index contributed by atoms with van der Waals surface area (Å²) in [6, 6.07) is 12.8. The van der Waals surface area contributed by atoms with E-state index in [-0.39, 0.29) is 6.04 Å². The Bertz CT molecular complexity index is 704. The van der Waals surface area contributed by atoms with Gasteiger partial charge in [-0.05, 0) is 35.5 Å². The zero-order valence-corrected chi connectivity index (χ0v) is 12.2. The van der Waals surface area contributed by atoms with Crippen molar-refractivity contribution < 1.29 is 0 Å². The van der Waals surface area contributed by atoms with Crippen molar-refractivity contribution in [3.8, 4) is 0 Å². The summed E-state index contributed by atoms with van der Waals surface area (Å²) in [6.45, 7) is 3.06. The molecule has 3 rings (SSSR count). The summed E-state index contributed by atoms with van der Waals surface area (Å²) in [5.74, 6) is 0. The van der Waals surface area contributed by atoms with Crippen LogP contribution in [0.15, 0.2) is 61.2 Å². The predicted octanol–water partition coefficient (Wildman–Crippen LogP) is 3.52. The van der Waals surface area contributed by atoms with Crippen molar-refractivity contribution in [2.45, 2.75) is 19.4 Å². The molecule has 21 heavy (non-hydrogen) atoms. The van der Waals surface area contributed by atoms with Crippen LogP contribution >= 0.6 is 0 Å². The number of pyridine rings is 2. The Kier molecular flexibility index (Phi) is 4.22. The molecule has 3 heteroatoms. The standard InChI is InChI=1S/C18H19N3/c1-2-21-18(10-14-6-5-9-19-11-14)17-13-20-12-15-7-3-4-8-16(15)17/h3-9,11-13,18,21H,2,10H2,1H3. The van der Waals surface area contributed by atoms with Gasteiger partial charge in [-0.15, -0.1) is 0 Å². The lowest BCUT2D eigenvalue weighted by molar-refractivity contribution is 0.551. The molecule has 3 aromatic rings. The van der Waals surface area contributed by atoms with E-state index in [1.54, 1.807) is 0 Å². The second-order valence-electron chi connectivity index (χ2n) is 5.13. The van der Waals surface area contributed by atoms with Crippen molar-refractivity contribution >= 4 is 10.8 Å². The SMILES string of the molecule is CCNC(Cc1cccnc1)c1cncc2ccccc12. The van der Waals surface area contributed by atoms with E-state index in [1.165, 1.54) is 21.9 Å². The van der Waals surface area contributed by atoms with Gasteiger partial charge in [0.25, 0.3) is 0 Å². The number of nitrogens with one attached hydrogen (secondary N) is 1. The highest BCUT2D eigenvalue weighted by atomic mass is 14.9. The average molecular weight is 277 g/mol. The van der Waals surface area contributed by atoms with Crippen LogP contribution in [-0.4, -0.2) is 16.5 Å². The minimum Gasteiger partial charge on any atom is -0.310 e. The highest BCUT2D eigenvalue weighted by molar-refractivity contribution is 5.85. The smallest absolute Gasteiger partial charge is 0.0382 e. The van der Waals surface area contributed by atoms with E-state index in [4.69, 9.17) is 0 Å². The van der Waals surface area contributed by atoms with Gasteiger partial charge in [0.2, 0.25) is 0 Å². The van der Waals surface area contributed by atoms with E-state index in [9.17, 15) is 0 Å².